The van der Waals surface area contributed by atoms with Crippen LogP contribution in [0.5, 0.6) is 5.75 Å². The minimum absolute atomic E-state index is 0.0318. The Kier molecular flexibility index (Phi) is 9.02. The Bertz CT molecular complexity index is 1430. The second-order valence-corrected chi connectivity index (χ2v) is 12.4. The largest absolute Gasteiger partial charge is 0.497 e. The molecule has 1 aliphatic heterocycles. The summed E-state index contributed by atoms with van der Waals surface area (Å²) in [7, 11) is 1.69. The lowest BCUT2D eigenvalue weighted by Crippen LogP contribution is -2.62. The maximum absolute atomic E-state index is 14.4. The fourth-order valence-electron chi connectivity index (χ4n) is 7.37. The molecule has 0 spiro atoms. The van der Waals surface area contributed by atoms with E-state index < -0.39 is 0 Å². The van der Waals surface area contributed by atoms with Crippen molar-refractivity contribution in [2.75, 3.05) is 33.3 Å². The van der Waals surface area contributed by atoms with E-state index in [0.717, 1.165) is 49.0 Å². The zero-order chi connectivity index (χ0) is 29.9. The molecule has 1 saturated carbocycles. The Morgan fingerprint density at radius 1 is 1.10 bits per heavy atom. The molecule has 1 heterocycles. The van der Waals surface area contributed by atoms with Crippen LogP contribution in [0.25, 0.3) is 10.8 Å². The van der Waals surface area contributed by atoms with Crippen molar-refractivity contribution < 1.29 is 19.1 Å². The van der Waals surface area contributed by atoms with E-state index in [1.807, 2.05) is 48.5 Å². The van der Waals surface area contributed by atoms with E-state index in [0.29, 0.717) is 18.5 Å². The maximum atomic E-state index is 14.4. The number of carbonyl (C=O) groups excluding carboxylic acids is 2. The van der Waals surface area contributed by atoms with Gasteiger partial charge in [0.15, 0.2) is 0 Å². The van der Waals surface area contributed by atoms with Crippen molar-refractivity contribution in [3.05, 3.63) is 90.5 Å². The molecule has 0 bridgehead atoms. The highest BCUT2D eigenvalue weighted by Gasteiger charge is 2.54. The Hall–Kier alpha value is -3.64. The van der Waals surface area contributed by atoms with E-state index in [-0.39, 0.29) is 41.3 Å². The van der Waals surface area contributed by atoms with E-state index in [9.17, 15) is 9.59 Å². The van der Waals surface area contributed by atoms with Crippen molar-refractivity contribution in [1.82, 2.24) is 9.80 Å². The standard InChI is InChI=1S/C36H44N2O4/c1-6-17-37-18-16-36(30-12-9-13-32(20-30)41-5)22-31(21-34(33(36)24-37)42-26(4)39)38(23-25(2)3)35(40)29-15-14-27-10-7-8-11-28(27)19-29/h6-15,19-20,25,31,33-34H,1,16-18,21-24H2,2-5H3/t31-,33-,34?,36-/m0/s1. The highest BCUT2D eigenvalue weighted by Crippen LogP contribution is 2.51. The summed E-state index contributed by atoms with van der Waals surface area (Å²) in [6.07, 6.45) is 3.93. The zero-order valence-electron chi connectivity index (χ0n) is 25.4. The third kappa shape index (κ3) is 6.10. The summed E-state index contributed by atoms with van der Waals surface area (Å²) >= 11 is 0. The van der Waals surface area contributed by atoms with Gasteiger partial charge in [0.05, 0.1) is 7.11 Å². The van der Waals surface area contributed by atoms with Crippen LogP contribution in [-0.4, -0.2) is 67.1 Å². The molecule has 1 amide bonds. The van der Waals surface area contributed by atoms with Crippen molar-refractivity contribution in [1.29, 1.82) is 0 Å². The number of nitrogens with zero attached hydrogens (tertiary/aromatic N) is 2. The highest BCUT2D eigenvalue weighted by molar-refractivity contribution is 5.98. The monoisotopic (exact) mass is 568 g/mol. The van der Waals surface area contributed by atoms with E-state index in [1.165, 1.54) is 12.5 Å². The molecule has 0 N–H and O–H groups in total. The lowest BCUT2D eigenvalue weighted by Gasteiger charge is -2.56. The van der Waals surface area contributed by atoms with Crippen molar-refractivity contribution in [3.8, 4) is 5.75 Å². The number of hydrogen-bond acceptors (Lipinski definition) is 5. The van der Waals surface area contributed by atoms with Gasteiger partial charge in [-0.1, -0.05) is 62.4 Å². The molecule has 2 aliphatic rings. The predicted octanol–water partition coefficient (Wildman–Crippen LogP) is 6.49. The van der Waals surface area contributed by atoms with Crippen LogP contribution in [-0.2, 0) is 14.9 Å². The van der Waals surface area contributed by atoms with Gasteiger partial charge in [0.2, 0.25) is 0 Å². The van der Waals surface area contributed by atoms with Crippen LogP contribution in [0.4, 0.5) is 0 Å². The van der Waals surface area contributed by atoms with Gasteiger partial charge in [-0.25, -0.2) is 0 Å². The first-order valence-corrected chi connectivity index (χ1v) is 15.2. The molecule has 1 saturated heterocycles. The van der Waals surface area contributed by atoms with Gasteiger partial charge in [-0.15, -0.1) is 6.58 Å². The molecule has 2 fully saturated rings. The summed E-state index contributed by atoms with van der Waals surface area (Å²) < 4.78 is 11.8. The van der Waals surface area contributed by atoms with Crippen molar-refractivity contribution in [3.63, 3.8) is 0 Å². The second-order valence-electron chi connectivity index (χ2n) is 12.4. The topological polar surface area (TPSA) is 59.1 Å². The summed E-state index contributed by atoms with van der Waals surface area (Å²) in [6, 6.07) is 22.4. The van der Waals surface area contributed by atoms with Crippen LogP contribution >= 0.6 is 0 Å². The Balaban J connectivity index is 1.59. The molecule has 5 rings (SSSR count). The van der Waals surface area contributed by atoms with Gasteiger partial charge in [0.1, 0.15) is 11.9 Å². The Labute approximate surface area is 250 Å². The predicted molar refractivity (Wildman–Crippen MR) is 168 cm³/mol. The van der Waals surface area contributed by atoms with Gasteiger partial charge in [-0.05, 0) is 65.9 Å². The van der Waals surface area contributed by atoms with Gasteiger partial charge in [0.25, 0.3) is 5.91 Å². The molecule has 1 unspecified atom stereocenters. The van der Waals surface area contributed by atoms with Crippen LogP contribution in [0.15, 0.2) is 79.4 Å². The van der Waals surface area contributed by atoms with Gasteiger partial charge >= 0.3 is 5.97 Å². The molecule has 42 heavy (non-hydrogen) atoms. The fraction of sp³-hybridized carbons (Fsp3) is 0.444. The van der Waals surface area contributed by atoms with E-state index in [1.54, 1.807) is 7.11 Å². The second kappa shape index (κ2) is 12.7. The summed E-state index contributed by atoms with van der Waals surface area (Å²) in [4.78, 5) is 31.4. The summed E-state index contributed by atoms with van der Waals surface area (Å²) in [5.41, 5.74) is 1.60. The van der Waals surface area contributed by atoms with Crippen LogP contribution in [0.1, 0.15) is 56.0 Å². The molecule has 0 aromatic heterocycles. The quantitative estimate of drug-likeness (QED) is 0.218. The molecular formula is C36H44N2O4. The Morgan fingerprint density at radius 2 is 1.88 bits per heavy atom. The number of carbonyl (C=O) groups is 2. The Morgan fingerprint density at radius 3 is 2.60 bits per heavy atom. The molecule has 3 aromatic carbocycles. The average Bonchev–Trinajstić information content (AvgIpc) is 2.99. The van der Waals surface area contributed by atoms with Gasteiger partial charge in [0, 0.05) is 55.9 Å². The number of piperidine rings is 1. The van der Waals surface area contributed by atoms with E-state index >= 15 is 0 Å². The van der Waals surface area contributed by atoms with E-state index in [4.69, 9.17) is 9.47 Å². The smallest absolute Gasteiger partial charge is 0.302 e. The lowest BCUT2D eigenvalue weighted by molar-refractivity contribution is -0.158. The molecule has 3 aromatic rings. The lowest BCUT2D eigenvalue weighted by atomic mass is 9.56. The number of methoxy groups -OCH3 is 1. The summed E-state index contributed by atoms with van der Waals surface area (Å²) in [5.74, 6) is 0.921. The third-order valence-corrected chi connectivity index (χ3v) is 9.20. The number of rotatable bonds is 9. The number of ether oxygens (including phenoxy) is 2. The van der Waals surface area contributed by atoms with Crippen LogP contribution in [0.3, 0.4) is 0 Å². The first kappa shape index (κ1) is 29.8. The first-order chi connectivity index (χ1) is 20.2. The number of fused-ring (bicyclic) bond motifs is 2. The minimum Gasteiger partial charge on any atom is -0.497 e. The number of likely N-dealkylation sites (tertiary alicyclic amines) is 1. The number of esters is 1. The molecule has 1 aliphatic carbocycles. The third-order valence-electron chi connectivity index (χ3n) is 9.20. The van der Waals surface area contributed by atoms with E-state index in [2.05, 4.69) is 54.5 Å². The van der Waals surface area contributed by atoms with Gasteiger partial charge in [-0.2, -0.15) is 0 Å². The zero-order valence-corrected chi connectivity index (χ0v) is 25.4. The van der Waals surface area contributed by atoms with Gasteiger partial charge in [-0.3, -0.25) is 14.5 Å². The van der Waals surface area contributed by atoms with Crippen molar-refractivity contribution in [2.45, 2.75) is 57.6 Å². The summed E-state index contributed by atoms with van der Waals surface area (Å²) in [5, 5.41) is 2.17. The van der Waals surface area contributed by atoms with Gasteiger partial charge < -0.3 is 14.4 Å². The molecule has 4 atom stereocenters. The summed E-state index contributed by atoms with van der Waals surface area (Å²) in [6.45, 7) is 12.9. The molecular weight excluding hydrogens is 524 g/mol. The normalized spacial score (nSPS) is 24.2. The van der Waals surface area contributed by atoms with Crippen LogP contribution in [0.2, 0.25) is 0 Å². The highest BCUT2D eigenvalue weighted by atomic mass is 16.5. The molecule has 0 radical (unpaired) electrons. The molecule has 222 valence electrons. The number of amides is 1. The number of hydrogen-bond donors (Lipinski definition) is 0. The average molecular weight is 569 g/mol. The SMILES string of the molecule is C=CCN1CC[C@@]2(c3cccc(OC)c3)C[C@@H](N(CC(C)C)C(=O)c3ccc4ccccc4c3)CC(OC(C)=O)[C@@H]2C1. The van der Waals surface area contributed by atoms with Crippen LogP contribution in [0, 0.1) is 11.8 Å². The maximum Gasteiger partial charge on any atom is 0.302 e. The number of benzene rings is 3. The van der Waals surface area contributed by atoms with Crippen molar-refractivity contribution in [2.24, 2.45) is 11.8 Å². The molecule has 6 nitrogen and oxygen atoms in total. The molecule has 6 heteroatoms. The van der Waals surface area contributed by atoms with Crippen LogP contribution < -0.4 is 4.74 Å². The fourth-order valence-corrected chi connectivity index (χ4v) is 7.37. The van der Waals surface area contributed by atoms with Crippen molar-refractivity contribution >= 4 is 22.6 Å². The first-order valence-electron chi connectivity index (χ1n) is 15.2. The minimum atomic E-state index is -0.320.